The zero-order chi connectivity index (χ0) is 8.27. The van der Waals surface area contributed by atoms with E-state index in [1.807, 2.05) is 6.07 Å². The Morgan fingerprint density at radius 1 is 1.50 bits per heavy atom. The normalized spacial score (nSPS) is 8.42. The molecule has 12 heavy (non-hydrogen) atoms. The Morgan fingerprint density at radius 3 is 2.67 bits per heavy atom. The highest BCUT2D eigenvalue weighted by atomic mass is 35.5. The summed E-state index contributed by atoms with van der Waals surface area (Å²) in [6, 6.07) is 6.66. The first kappa shape index (κ1) is 10.8. The molecule has 0 saturated carbocycles. The summed E-state index contributed by atoms with van der Waals surface area (Å²) in [4.78, 5) is 10.4. The molecule has 0 radical (unpaired) electrons. The Balaban J connectivity index is 0.00000121. The molecule has 0 fully saturated rings. The second-order valence-electron chi connectivity index (χ2n) is 2.14. The van der Waals surface area contributed by atoms with Crippen molar-refractivity contribution in [2.45, 2.75) is 0 Å². The number of aromatic carboxylic acids is 1. The van der Waals surface area contributed by atoms with Crippen LogP contribution in [0.4, 0.5) is 5.69 Å². The Morgan fingerprint density at radius 2 is 2.17 bits per heavy atom. The van der Waals surface area contributed by atoms with Gasteiger partial charge in [0.05, 0.1) is 5.56 Å². The van der Waals surface area contributed by atoms with Crippen LogP contribution in [0.1, 0.15) is 10.4 Å². The van der Waals surface area contributed by atoms with E-state index >= 15 is 0 Å². The molecular formula is C8H10ClNO2. The molecule has 0 saturated heterocycles. The quantitative estimate of drug-likeness (QED) is 0.743. The van der Waals surface area contributed by atoms with Gasteiger partial charge in [-0.1, -0.05) is 6.07 Å². The molecule has 0 aromatic heterocycles. The fourth-order valence-corrected chi connectivity index (χ4v) is 0.808. The average Bonchev–Trinajstić information content (AvgIpc) is 2.05. The van der Waals surface area contributed by atoms with E-state index in [0.717, 1.165) is 5.69 Å². The summed E-state index contributed by atoms with van der Waals surface area (Å²) in [5.74, 6) is -0.901. The van der Waals surface area contributed by atoms with Crippen LogP contribution in [0.2, 0.25) is 0 Å². The Labute approximate surface area is 76.8 Å². The number of anilines is 1. The minimum absolute atomic E-state index is 0. The fraction of sp³-hybridized carbons (Fsp3) is 0.125. The van der Waals surface area contributed by atoms with Crippen LogP contribution in [0.15, 0.2) is 24.3 Å². The lowest BCUT2D eigenvalue weighted by Crippen LogP contribution is -1.97. The molecular weight excluding hydrogens is 178 g/mol. The Bertz CT molecular complexity index is 276. The second-order valence-corrected chi connectivity index (χ2v) is 2.14. The molecule has 1 aromatic carbocycles. The lowest BCUT2D eigenvalue weighted by molar-refractivity contribution is 0.0697. The highest BCUT2D eigenvalue weighted by Crippen LogP contribution is 2.08. The lowest BCUT2D eigenvalue weighted by atomic mass is 10.2. The standard InChI is InChI=1S/C8H9NO2.ClH/c1-9-7-4-2-3-6(5-7)8(10)11;/h2-5,9H,1H3,(H,10,11);1H. The highest BCUT2D eigenvalue weighted by molar-refractivity contribution is 5.88. The molecule has 0 atom stereocenters. The molecule has 4 heteroatoms. The first-order chi connectivity index (χ1) is 5.24. The van der Waals surface area contributed by atoms with Crippen LogP contribution in [-0.2, 0) is 0 Å². The number of carbonyl (C=O) groups is 1. The van der Waals surface area contributed by atoms with Gasteiger partial charge in [-0.05, 0) is 18.2 Å². The van der Waals surface area contributed by atoms with Crippen LogP contribution in [0.5, 0.6) is 0 Å². The number of carboxylic acids is 1. The minimum Gasteiger partial charge on any atom is -0.478 e. The maximum atomic E-state index is 10.4. The van der Waals surface area contributed by atoms with E-state index in [2.05, 4.69) is 5.32 Å². The molecule has 0 heterocycles. The van der Waals surface area contributed by atoms with E-state index < -0.39 is 5.97 Å². The smallest absolute Gasteiger partial charge is 0.335 e. The van der Waals surface area contributed by atoms with Crippen molar-refractivity contribution in [2.24, 2.45) is 0 Å². The monoisotopic (exact) mass is 187 g/mol. The molecule has 1 rings (SSSR count). The van der Waals surface area contributed by atoms with Crippen molar-refractivity contribution < 1.29 is 9.90 Å². The van der Waals surface area contributed by atoms with Crippen LogP contribution < -0.4 is 5.32 Å². The van der Waals surface area contributed by atoms with Gasteiger partial charge in [-0.3, -0.25) is 0 Å². The van der Waals surface area contributed by atoms with Gasteiger partial charge in [-0.15, -0.1) is 12.4 Å². The number of nitrogens with one attached hydrogen (secondary N) is 1. The Hall–Kier alpha value is -1.22. The van der Waals surface area contributed by atoms with Crippen LogP contribution >= 0.6 is 12.4 Å². The summed E-state index contributed by atoms with van der Waals surface area (Å²) >= 11 is 0. The van der Waals surface area contributed by atoms with Gasteiger partial charge < -0.3 is 10.4 Å². The second kappa shape index (κ2) is 4.62. The Kier molecular flexibility index (Phi) is 4.15. The molecule has 3 nitrogen and oxygen atoms in total. The SMILES string of the molecule is CNc1cccc(C(=O)O)c1.Cl. The van der Waals surface area contributed by atoms with Gasteiger partial charge in [0.2, 0.25) is 0 Å². The summed E-state index contributed by atoms with van der Waals surface area (Å²) in [7, 11) is 1.75. The highest BCUT2D eigenvalue weighted by Gasteiger charge is 2.00. The summed E-state index contributed by atoms with van der Waals surface area (Å²) in [5, 5.41) is 11.4. The van der Waals surface area contributed by atoms with Crippen LogP contribution in [0.25, 0.3) is 0 Å². The maximum absolute atomic E-state index is 10.4. The molecule has 0 unspecified atom stereocenters. The van der Waals surface area contributed by atoms with Crippen molar-refractivity contribution in [1.82, 2.24) is 0 Å². The van der Waals surface area contributed by atoms with Gasteiger partial charge in [0.25, 0.3) is 0 Å². The summed E-state index contributed by atoms with van der Waals surface area (Å²) in [6.07, 6.45) is 0. The van der Waals surface area contributed by atoms with Gasteiger partial charge in [0.1, 0.15) is 0 Å². The van der Waals surface area contributed by atoms with Crippen molar-refractivity contribution >= 4 is 24.1 Å². The summed E-state index contributed by atoms with van der Waals surface area (Å²) in [6.45, 7) is 0. The summed E-state index contributed by atoms with van der Waals surface area (Å²) < 4.78 is 0. The van der Waals surface area contributed by atoms with Crippen molar-refractivity contribution in [2.75, 3.05) is 12.4 Å². The van der Waals surface area contributed by atoms with E-state index in [0.29, 0.717) is 5.56 Å². The van der Waals surface area contributed by atoms with E-state index in [1.54, 1.807) is 25.2 Å². The van der Waals surface area contributed by atoms with Gasteiger partial charge in [-0.2, -0.15) is 0 Å². The van der Waals surface area contributed by atoms with Gasteiger partial charge >= 0.3 is 5.97 Å². The van der Waals surface area contributed by atoms with E-state index in [1.165, 1.54) is 0 Å². The number of rotatable bonds is 2. The number of carboxylic acid groups (broad SMARTS) is 1. The molecule has 0 aliphatic carbocycles. The van der Waals surface area contributed by atoms with Crippen molar-refractivity contribution in [3.05, 3.63) is 29.8 Å². The average molecular weight is 188 g/mol. The predicted molar refractivity (Wildman–Crippen MR) is 50.2 cm³/mol. The van der Waals surface area contributed by atoms with Crippen molar-refractivity contribution in [3.8, 4) is 0 Å². The summed E-state index contributed by atoms with van der Waals surface area (Å²) in [5.41, 5.74) is 1.11. The zero-order valence-electron chi connectivity index (χ0n) is 6.57. The van der Waals surface area contributed by atoms with Crippen molar-refractivity contribution in [3.63, 3.8) is 0 Å². The topological polar surface area (TPSA) is 49.3 Å². The third kappa shape index (κ3) is 2.43. The molecule has 0 spiro atoms. The third-order valence-electron chi connectivity index (χ3n) is 1.40. The predicted octanol–water partition coefficient (Wildman–Crippen LogP) is 1.85. The van der Waals surface area contributed by atoms with Crippen LogP contribution in [0, 0.1) is 0 Å². The van der Waals surface area contributed by atoms with Crippen molar-refractivity contribution in [1.29, 1.82) is 0 Å². The van der Waals surface area contributed by atoms with Gasteiger partial charge in [-0.25, -0.2) is 4.79 Å². The molecule has 0 amide bonds. The van der Waals surface area contributed by atoms with E-state index in [4.69, 9.17) is 5.11 Å². The first-order valence-electron chi connectivity index (χ1n) is 3.25. The van der Waals surface area contributed by atoms with Gasteiger partial charge in [0, 0.05) is 12.7 Å². The van der Waals surface area contributed by atoms with Crippen LogP contribution in [-0.4, -0.2) is 18.1 Å². The molecule has 1 aromatic rings. The minimum atomic E-state index is -0.901. The molecule has 0 bridgehead atoms. The zero-order valence-corrected chi connectivity index (χ0v) is 7.39. The molecule has 0 aliphatic rings. The number of benzene rings is 1. The fourth-order valence-electron chi connectivity index (χ4n) is 0.808. The van der Waals surface area contributed by atoms with E-state index in [-0.39, 0.29) is 12.4 Å². The number of halogens is 1. The maximum Gasteiger partial charge on any atom is 0.335 e. The third-order valence-corrected chi connectivity index (χ3v) is 1.40. The first-order valence-corrected chi connectivity index (χ1v) is 3.25. The molecule has 66 valence electrons. The molecule has 2 N–H and O–H groups in total. The lowest BCUT2D eigenvalue weighted by Gasteiger charge is -1.99. The largest absolute Gasteiger partial charge is 0.478 e. The number of hydrogen-bond donors (Lipinski definition) is 2. The number of hydrogen-bond acceptors (Lipinski definition) is 2. The van der Waals surface area contributed by atoms with Crippen LogP contribution in [0.3, 0.4) is 0 Å². The van der Waals surface area contributed by atoms with Gasteiger partial charge in [0.15, 0.2) is 0 Å². The molecule has 0 aliphatic heterocycles. The van der Waals surface area contributed by atoms with E-state index in [9.17, 15) is 4.79 Å².